The number of carbonyl (C=O) groups excluding carboxylic acids is 1. The quantitative estimate of drug-likeness (QED) is 0.649. The number of amides is 1. The molecule has 0 saturated carbocycles. The minimum absolute atomic E-state index is 0.0125. The molecule has 0 unspecified atom stereocenters. The summed E-state index contributed by atoms with van der Waals surface area (Å²) in [4.78, 5) is 12.2. The molecule has 2 N–H and O–H groups in total. The van der Waals surface area contributed by atoms with E-state index in [-0.39, 0.29) is 11.7 Å². The summed E-state index contributed by atoms with van der Waals surface area (Å²) in [6, 6.07) is 6.59. The molecule has 0 saturated heterocycles. The van der Waals surface area contributed by atoms with E-state index in [4.69, 9.17) is 11.6 Å². The predicted octanol–water partition coefficient (Wildman–Crippen LogP) is 3.63. The first-order chi connectivity index (χ1) is 9.08. The number of benzene rings is 1. The van der Waals surface area contributed by atoms with Gasteiger partial charge < -0.3 is 5.11 Å². The van der Waals surface area contributed by atoms with Gasteiger partial charge in [-0.15, -0.1) is 11.3 Å². The van der Waals surface area contributed by atoms with E-state index in [9.17, 15) is 9.90 Å². The highest BCUT2D eigenvalue weighted by molar-refractivity contribution is 9.10. The Morgan fingerprint density at radius 2 is 2.32 bits per heavy atom. The monoisotopic (exact) mass is 358 g/mol. The molecule has 0 aliphatic rings. The van der Waals surface area contributed by atoms with Gasteiger partial charge in [0.1, 0.15) is 5.75 Å². The second-order valence-electron chi connectivity index (χ2n) is 3.50. The molecule has 2 aromatic rings. The van der Waals surface area contributed by atoms with Crippen molar-refractivity contribution in [3.05, 3.63) is 49.6 Å². The second-order valence-corrected chi connectivity index (χ2v) is 5.74. The topological polar surface area (TPSA) is 61.7 Å². The fourth-order valence-corrected chi connectivity index (χ4v) is 2.76. The number of halogens is 2. The first-order valence-electron chi connectivity index (χ1n) is 5.13. The number of hydrogen-bond acceptors (Lipinski definition) is 4. The first kappa shape index (κ1) is 14.0. The predicted molar refractivity (Wildman–Crippen MR) is 80.2 cm³/mol. The summed E-state index contributed by atoms with van der Waals surface area (Å²) in [5, 5.41) is 15.8. The number of nitrogens with zero attached hydrogens (tertiary/aromatic N) is 1. The van der Waals surface area contributed by atoms with Gasteiger partial charge in [0.05, 0.1) is 15.6 Å². The van der Waals surface area contributed by atoms with Crippen LogP contribution in [-0.2, 0) is 0 Å². The van der Waals surface area contributed by atoms with Crippen LogP contribution < -0.4 is 5.43 Å². The summed E-state index contributed by atoms with van der Waals surface area (Å²) in [5.41, 5.74) is 2.78. The summed E-state index contributed by atoms with van der Waals surface area (Å²) >= 11 is 10.3. The fourth-order valence-electron chi connectivity index (χ4n) is 1.31. The van der Waals surface area contributed by atoms with Crippen molar-refractivity contribution in [3.63, 3.8) is 0 Å². The first-order valence-corrected chi connectivity index (χ1v) is 7.18. The molecule has 0 spiro atoms. The minimum Gasteiger partial charge on any atom is -0.506 e. The van der Waals surface area contributed by atoms with E-state index in [2.05, 4.69) is 26.5 Å². The van der Waals surface area contributed by atoms with Gasteiger partial charge in [-0.05, 0) is 39.5 Å². The number of phenolic OH excluding ortho intramolecular Hbond substituents is 1. The van der Waals surface area contributed by atoms with E-state index < -0.39 is 0 Å². The SMILES string of the molecule is O=C(N/N=C/c1cc(Cl)cc(Br)c1O)c1cccs1. The van der Waals surface area contributed by atoms with Crippen LogP contribution in [0.3, 0.4) is 0 Å². The van der Waals surface area contributed by atoms with E-state index in [1.54, 1.807) is 29.6 Å². The molecule has 19 heavy (non-hydrogen) atoms. The molecule has 0 aliphatic carbocycles. The molecule has 1 heterocycles. The van der Waals surface area contributed by atoms with E-state index >= 15 is 0 Å². The average molecular weight is 360 g/mol. The summed E-state index contributed by atoms with van der Waals surface area (Å²) in [6.45, 7) is 0. The van der Waals surface area contributed by atoms with Crippen molar-refractivity contribution in [1.29, 1.82) is 0 Å². The number of rotatable bonds is 3. The molecule has 0 bridgehead atoms. The lowest BCUT2D eigenvalue weighted by Crippen LogP contribution is -2.16. The van der Waals surface area contributed by atoms with Crippen molar-refractivity contribution in [2.75, 3.05) is 0 Å². The lowest BCUT2D eigenvalue weighted by Gasteiger charge is -2.02. The van der Waals surface area contributed by atoms with Gasteiger partial charge in [-0.25, -0.2) is 5.43 Å². The van der Waals surface area contributed by atoms with Gasteiger partial charge >= 0.3 is 0 Å². The number of thiophene rings is 1. The number of nitrogens with one attached hydrogen (secondary N) is 1. The third kappa shape index (κ3) is 3.56. The van der Waals surface area contributed by atoms with Crippen LogP contribution in [0.15, 0.2) is 39.2 Å². The second kappa shape index (κ2) is 6.18. The Kier molecular flexibility index (Phi) is 4.57. The van der Waals surface area contributed by atoms with Crippen LogP contribution in [0.1, 0.15) is 15.2 Å². The molecule has 1 aromatic heterocycles. The van der Waals surface area contributed by atoms with Gasteiger partial charge in [-0.3, -0.25) is 4.79 Å². The molecule has 7 heteroatoms. The molecule has 1 amide bonds. The maximum Gasteiger partial charge on any atom is 0.281 e. The molecule has 1 aromatic carbocycles. The maximum atomic E-state index is 11.6. The van der Waals surface area contributed by atoms with Gasteiger partial charge in [0.25, 0.3) is 5.91 Å². The molecule has 4 nitrogen and oxygen atoms in total. The number of aromatic hydroxyl groups is 1. The van der Waals surface area contributed by atoms with Crippen molar-refractivity contribution in [3.8, 4) is 5.75 Å². The van der Waals surface area contributed by atoms with Crippen LogP contribution in [0.5, 0.6) is 5.75 Å². The van der Waals surface area contributed by atoms with Crippen molar-refractivity contribution in [2.45, 2.75) is 0 Å². The van der Waals surface area contributed by atoms with Gasteiger partial charge in [-0.2, -0.15) is 5.10 Å². The maximum absolute atomic E-state index is 11.6. The molecule has 0 radical (unpaired) electrons. The molecule has 0 aliphatic heterocycles. The zero-order valence-electron chi connectivity index (χ0n) is 9.43. The average Bonchev–Trinajstić information content (AvgIpc) is 2.88. The Morgan fingerprint density at radius 3 is 3.00 bits per heavy atom. The van der Waals surface area contributed by atoms with Crippen molar-refractivity contribution in [1.82, 2.24) is 5.43 Å². The highest BCUT2D eigenvalue weighted by Gasteiger charge is 2.07. The van der Waals surface area contributed by atoms with E-state index in [0.29, 0.717) is 19.9 Å². The third-order valence-corrected chi connectivity index (χ3v) is 3.86. The number of hydrogen-bond donors (Lipinski definition) is 2. The van der Waals surface area contributed by atoms with E-state index in [0.717, 1.165) is 0 Å². The normalized spacial score (nSPS) is 10.8. The Morgan fingerprint density at radius 1 is 1.53 bits per heavy atom. The van der Waals surface area contributed by atoms with Crippen LogP contribution in [0.25, 0.3) is 0 Å². The summed E-state index contributed by atoms with van der Waals surface area (Å²) in [7, 11) is 0. The fraction of sp³-hybridized carbons (Fsp3) is 0. The minimum atomic E-state index is -0.299. The number of carbonyl (C=O) groups is 1. The zero-order chi connectivity index (χ0) is 13.8. The zero-order valence-corrected chi connectivity index (χ0v) is 12.6. The van der Waals surface area contributed by atoms with Crippen LogP contribution in [0, 0.1) is 0 Å². The highest BCUT2D eigenvalue weighted by atomic mass is 79.9. The van der Waals surface area contributed by atoms with E-state index in [1.165, 1.54) is 17.6 Å². The molecule has 0 fully saturated rings. The lowest BCUT2D eigenvalue weighted by molar-refractivity contribution is 0.0959. The Hall–Kier alpha value is -1.37. The molecule has 0 atom stereocenters. The van der Waals surface area contributed by atoms with E-state index in [1.807, 2.05) is 0 Å². The number of hydrazone groups is 1. The standard InChI is InChI=1S/C12H8BrClN2O2S/c13-9-5-8(14)4-7(11(9)17)6-15-16-12(18)10-2-1-3-19-10/h1-6,17H,(H,16,18)/b15-6+. The Labute approximate surface area is 126 Å². The number of phenols is 1. The van der Waals surface area contributed by atoms with Crippen LogP contribution in [-0.4, -0.2) is 17.2 Å². The largest absolute Gasteiger partial charge is 0.506 e. The van der Waals surface area contributed by atoms with Crippen molar-refractivity contribution < 1.29 is 9.90 Å². The molecule has 98 valence electrons. The molecular formula is C12H8BrClN2O2S. The lowest BCUT2D eigenvalue weighted by atomic mass is 10.2. The van der Waals surface area contributed by atoms with Gasteiger partial charge in [0.15, 0.2) is 0 Å². The third-order valence-electron chi connectivity index (χ3n) is 2.17. The van der Waals surface area contributed by atoms with Gasteiger partial charge in [0.2, 0.25) is 0 Å². The Bertz CT molecular complexity index is 629. The highest BCUT2D eigenvalue weighted by Crippen LogP contribution is 2.30. The van der Waals surface area contributed by atoms with Crippen LogP contribution >= 0.6 is 38.9 Å². The van der Waals surface area contributed by atoms with Gasteiger partial charge in [-0.1, -0.05) is 17.7 Å². The van der Waals surface area contributed by atoms with Gasteiger partial charge in [0, 0.05) is 10.6 Å². The smallest absolute Gasteiger partial charge is 0.281 e. The Balaban J connectivity index is 2.09. The summed E-state index contributed by atoms with van der Waals surface area (Å²) in [5.74, 6) is -0.287. The summed E-state index contributed by atoms with van der Waals surface area (Å²) < 4.78 is 0.464. The van der Waals surface area contributed by atoms with Crippen molar-refractivity contribution >= 4 is 51.0 Å². The summed E-state index contributed by atoms with van der Waals surface area (Å²) in [6.07, 6.45) is 1.33. The molecular weight excluding hydrogens is 352 g/mol. The van der Waals surface area contributed by atoms with Crippen LogP contribution in [0.4, 0.5) is 0 Å². The van der Waals surface area contributed by atoms with Crippen molar-refractivity contribution in [2.24, 2.45) is 5.10 Å². The molecule has 2 rings (SSSR count). The van der Waals surface area contributed by atoms with Crippen LogP contribution in [0.2, 0.25) is 5.02 Å².